The molecule has 1 N–H and O–H groups in total. The molecule has 0 radical (unpaired) electrons. The van der Waals surface area contributed by atoms with Crippen LogP contribution in [0.15, 0.2) is 5.16 Å². The number of hydrogen-bond donors (Lipinski definition) is 1. The van der Waals surface area contributed by atoms with Crippen LogP contribution in [0.25, 0.3) is 0 Å². The molecule has 0 aliphatic rings. The highest BCUT2D eigenvalue weighted by molar-refractivity contribution is 7.99. The molecule has 0 atom stereocenters. The highest BCUT2D eigenvalue weighted by Gasteiger charge is 2.18. The number of H-pyrrole nitrogens is 1. The second-order valence-electron chi connectivity index (χ2n) is 4.33. The molecule has 5 heteroatoms. The van der Waals surface area contributed by atoms with Crippen molar-refractivity contribution in [1.82, 2.24) is 15.2 Å². The fourth-order valence-electron chi connectivity index (χ4n) is 0.961. The van der Waals surface area contributed by atoms with Crippen molar-refractivity contribution < 1.29 is 0 Å². The van der Waals surface area contributed by atoms with Gasteiger partial charge >= 0.3 is 0 Å². The van der Waals surface area contributed by atoms with Crippen LogP contribution in [0.2, 0.25) is 0 Å². The highest BCUT2D eigenvalue weighted by Crippen LogP contribution is 2.21. The van der Waals surface area contributed by atoms with Crippen molar-refractivity contribution in [2.24, 2.45) is 0 Å². The van der Waals surface area contributed by atoms with Crippen molar-refractivity contribution in [2.75, 3.05) is 5.75 Å². The van der Waals surface area contributed by atoms with Gasteiger partial charge < -0.3 is 0 Å². The number of nitriles is 1. The summed E-state index contributed by atoms with van der Waals surface area (Å²) in [7, 11) is 0. The van der Waals surface area contributed by atoms with Crippen LogP contribution in [0.1, 0.15) is 39.4 Å². The van der Waals surface area contributed by atoms with E-state index in [1.807, 2.05) is 0 Å². The molecule has 0 bridgehead atoms. The maximum atomic E-state index is 8.38. The third-order valence-corrected chi connectivity index (χ3v) is 2.77. The van der Waals surface area contributed by atoms with Gasteiger partial charge in [-0.2, -0.15) is 5.26 Å². The van der Waals surface area contributed by atoms with Gasteiger partial charge in [-0.3, -0.25) is 5.10 Å². The largest absolute Gasteiger partial charge is 0.262 e. The fourth-order valence-corrected chi connectivity index (χ4v) is 1.70. The lowest BCUT2D eigenvalue weighted by Crippen LogP contribution is -2.13. The van der Waals surface area contributed by atoms with Gasteiger partial charge in [0.15, 0.2) is 0 Å². The molecule has 15 heavy (non-hydrogen) atoms. The van der Waals surface area contributed by atoms with E-state index in [0.717, 1.165) is 23.2 Å². The maximum Gasteiger partial charge on any atom is 0.208 e. The van der Waals surface area contributed by atoms with E-state index in [1.165, 1.54) is 0 Å². The van der Waals surface area contributed by atoms with E-state index in [2.05, 4.69) is 42.0 Å². The molecule has 4 nitrogen and oxygen atoms in total. The second-order valence-corrected chi connectivity index (χ2v) is 5.39. The van der Waals surface area contributed by atoms with Gasteiger partial charge in [0.1, 0.15) is 5.82 Å². The zero-order valence-corrected chi connectivity index (χ0v) is 10.2. The lowest BCUT2D eigenvalue weighted by atomic mass is 9.96. The van der Waals surface area contributed by atoms with Gasteiger partial charge in [-0.15, -0.1) is 5.10 Å². The Morgan fingerprint density at radius 3 is 2.73 bits per heavy atom. The summed E-state index contributed by atoms with van der Waals surface area (Å²) in [6, 6.07) is 2.12. The molecule has 0 unspecified atom stereocenters. The van der Waals surface area contributed by atoms with Crippen LogP contribution < -0.4 is 0 Å². The monoisotopic (exact) mass is 224 g/mol. The topological polar surface area (TPSA) is 65.4 Å². The predicted octanol–water partition coefficient (Wildman–Crippen LogP) is 2.50. The number of nitrogens with zero attached hydrogens (tertiary/aromatic N) is 3. The predicted molar refractivity (Wildman–Crippen MR) is 60.7 cm³/mol. The zero-order chi connectivity index (χ0) is 11.3. The van der Waals surface area contributed by atoms with E-state index in [4.69, 9.17) is 5.26 Å². The zero-order valence-electron chi connectivity index (χ0n) is 9.37. The Bertz CT molecular complexity index is 345. The van der Waals surface area contributed by atoms with Crippen LogP contribution in [0, 0.1) is 11.3 Å². The van der Waals surface area contributed by atoms with E-state index in [-0.39, 0.29) is 5.41 Å². The molecule has 1 rings (SSSR count). The van der Waals surface area contributed by atoms with Gasteiger partial charge in [0.2, 0.25) is 5.16 Å². The Labute approximate surface area is 94.5 Å². The Hall–Kier alpha value is -1.02. The van der Waals surface area contributed by atoms with E-state index >= 15 is 0 Å². The van der Waals surface area contributed by atoms with Crippen LogP contribution in [0.4, 0.5) is 0 Å². The quantitative estimate of drug-likeness (QED) is 0.630. The van der Waals surface area contributed by atoms with Crippen molar-refractivity contribution >= 4 is 11.8 Å². The number of unbranched alkanes of at least 4 members (excludes halogenated alkanes) is 1. The van der Waals surface area contributed by atoms with Crippen molar-refractivity contribution in [3.63, 3.8) is 0 Å². The summed E-state index contributed by atoms with van der Waals surface area (Å²) >= 11 is 1.59. The summed E-state index contributed by atoms with van der Waals surface area (Å²) in [4.78, 5) is 4.39. The van der Waals surface area contributed by atoms with Gasteiger partial charge in [0.05, 0.1) is 6.07 Å². The number of rotatable bonds is 4. The molecule has 0 fully saturated rings. The summed E-state index contributed by atoms with van der Waals surface area (Å²) in [6.07, 6.45) is 1.49. The summed E-state index contributed by atoms with van der Waals surface area (Å²) in [5, 5.41) is 16.2. The smallest absolute Gasteiger partial charge is 0.208 e. The summed E-state index contributed by atoms with van der Waals surface area (Å²) < 4.78 is 0. The number of aromatic amines is 1. The molecule has 0 spiro atoms. The van der Waals surface area contributed by atoms with Crippen LogP contribution in [0.5, 0.6) is 0 Å². The number of hydrogen-bond acceptors (Lipinski definition) is 4. The molecule has 1 aromatic rings. The van der Waals surface area contributed by atoms with Crippen LogP contribution >= 0.6 is 11.8 Å². The molecule has 0 saturated carbocycles. The molecular weight excluding hydrogens is 208 g/mol. The number of thioether (sulfide) groups is 1. The molecule has 1 heterocycles. The van der Waals surface area contributed by atoms with Gasteiger partial charge in [0.25, 0.3) is 0 Å². The molecular formula is C10H16N4S. The van der Waals surface area contributed by atoms with E-state index in [0.29, 0.717) is 6.42 Å². The lowest BCUT2D eigenvalue weighted by Gasteiger charge is -2.12. The average molecular weight is 224 g/mol. The lowest BCUT2D eigenvalue weighted by molar-refractivity contribution is 0.547. The van der Waals surface area contributed by atoms with Crippen molar-refractivity contribution in [2.45, 2.75) is 44.2 Å². The third kappa shape index (κ3) is 3.92. The first-order chi connectivity index (χ1) is 7.04. The van der Waals surface area contributed by atoms with Gasteiger partial charge in [0, 0.05) is 17.6 Å². The van der Waals surface area contributed by atoms with Gasteiger partial charge in [-0.05, 0) is 6.42 Å². The molecule has 1 aromatic heterocycles. The highest BCUT2D eigenvalue weighted by atomic mass is 32.2. The molecule has 0 aliphatic carbocycles. The minimum atomic E-state index is 0.0124. The molecule has 0 saturated heterocycles. The SMILES string of the molecule is CC(C)(C)c1nc(SCCCC#N)n[nH]1. The standard InChI is InChI=1S/C10H16N4S/c1-10(2,3)8-12-9(14-13-8)15-7-5-4-6-11/h4-5,7H2,1-3H3,(H,12,13,14). The van der Waals surface area contributed by atoms with Gasteiger partial charge in [-0.1, -0.05) is 32.5 Å². The van der Waals surface area contributed by atoms with Crippen LogP contribution in [-0.2, 0) is 5.41 Å². The minimum absolute atomic E-state index is 0.0124. The van der Waals surface area contributed by atoms with E-state index < -0.39 is 0 Å². The molecule has 0 aromatic carbocycles. The van der Waals surface area contributed by atoms with Crippen molar-refractivity contribution in [3.05, 3.63) is 5.82 Å². The van der Waals surface area contributed by atoms with Crippen molar-refractivity contribution in [3.8, 4) is 6.07 Å². The first-order valence-corrected chi connectivity index (χ1v) is 5.95. The van der Waals surface area contributed by atoms with E-state index in [1.54, 1.807) is 11.8 Å². The molecule has 0 aliphatic heterocycles. The average Bonchev–Trinajstić information content (AvgIpc) is 2.60. The molecule has 0 amide bonds. The Morgan fingerprint density at radius 2 is 2.20 bits per heavy atom. The van der Waals surface area contributed by atoms with Crippen molar-refractivity contribution in [1.29, 1.82) is 5.26 Å². The number of aromatic nitrogens is 3. The number of nitrogens with one attached hydrogen (secondary N) is 1. The van der Waals surface area contributed by atoms with Crippen LogP contribution in [0.3, 0.4) is 0 Å². The Kier molecular flexibility index (Phi) is 4.15. The Balaban J connectivity index is 2.44. The first-order valence-electron chi connectivity index (χ1n) is 4.96. The summed E-state index contributed by atoms with van der Waals surface area (Å²) in [5.74, 6) is 1.81. The summed E-state index contributed by atoms with van der Waals surface area (Å²) in [6.45, 7) is 6.28. The Morgan fingerprint density at radius 1 is 1.47 bits per heavy atom. The van der Waals surface area contributed by atoms with Gasteiger partial charge in [-0.25, -0.2) is 4.98 Å². The normalized spacial score (nSPS) is 11.3. The minimum Gasteiger partial charge on any atom is -0.262 e. The summed E-state index contributed by atoms with van der Waals surface area (Å²) in [5.41, 5.74) is 0.0124. The van der Waals surface area contributed by atoms with Crippen LogP contribution in [-0.4, -0.2) is 20.9 Å². The molecule has 82 valence electrons. The fraction of sp³-hybridized carbons (Fsp3) is 0.700. The maximum absolute atomic E-state index is 8.38. The third-order valence-electron chi connectivity index (χ3n) is 1.84. The second kappa shape index (κ2) is 5.17. The first kappa shape index (κ1) is 12.1. The van der Waals surface area contributed by atoms with E-state index in [9.17, 15) is 0 Å².